The molecule has 3 aromatic rings. The maximum absolute atomic E-state index is 15.0. The Kier molecular flexibility index (Phi) is 6.08. The SMILES string of the molecule is CCCCCC1Cc2ccc(-c3ccc(-c4ccc(O)c(OC)c4)c(F)c3)cc2C1. The molecule has 1 atom stereocenters. The number of unbranched alkanes of at least 4 members (excludes halogenated alkanes) is 2. The average molecular weight is 405 g/mol. The van der Waals surface area contributed by atoms with Gasteiger partial charge in [-0.15, -0.1) is 0 Å². The van der Waals surface area contributed by atoms with Gasteiger partial charge in [-0.25, -0.2) is 4.39 Å². The zero-order chi connectivity index (χ0) is 21.1. The van der Waals surface area contributed by atoms with Crippen LogP contribution in [0.15, 0.2) is 54.6 Å². The molecule has 2 nitrogen and oxygen atoms in total. The number of halogens is 1. The molecule has 1 unspecified atom stereocenters. The Bertz CT molecular complexity index is 1040. The van der Waals surface area contributed by atoms with Crippen LogP contribution in [0, 0.1) is 11.7 Å². The number of rotatable bonds is 7. The Morgan fingerprint density at radius 1 is 0.900 bits per heavy atom. The smallest absolute Gasteiger partial charge is 0.161 e. The van der Waals surface area contributed by atoms with Crippen LogP contribution in [0.4, 0.5) is 4.39 Å². The van der Waals surface area contributed by atoms with Gasteiger partial charge in [0.25, 0.3) is 0 Å². The predicted octanol–water partition coefficient (Wildman–Crippen LogP) is 7.17. The molecule has 0 spiro atoms. The van der Waals surface area contributed by atoms with Crippen LogP contribution in [0.2, 0.25) is 0 Å². The van der Waals surface area contributed by atoms with Crippen molar-refractivity contribution < 1.29 is 14.2 Å². The molecule has 3 heteroatoms. The Morgan fingerprint density at radius 2 is 1.63 bits per heavy atom. The lowest BCUT2D eigenvalue weighted by Gasteiger charge is -2.10. The van der Waals surface area contributed by atoms with Crippen molar-refractivity contribution in [3.8, 4) is 33.8 Å². The van der Waals surface area contributed by atoms with E-state index < -0.39 is 0 Å². The van der Waals surface area contributed by atoms with Crippen LogP contribution in [-0.2, 0) is 12.8 Å². The summed E-state index contributed by atoms with van der Waals surface area (Å²) in [7, 11) is 1.49. The van der Waals surface area contributed by atoms with Crippen molar-refractivity contribution in [3.63, 3.8) is 0 Å². The van der Waals surface area contributed by atoms with Crippen LogP contribution in [0.1, 0.15) is 43.7 Å². The van der Waals surface area contributed by atoms with Gasteiger partial charge in [0.15, 0.2) is 11.5 Å². The van der Waals surface area contributed by atoms with Crippen molar-refractivity contribution in [3.05, 3.63) is 71.5 Å². The van der Waals surface area contributed by atoms with E-state index in [9.17, 15) is 9.50 Å². The van der Waals surface area contributed by atoms with Crippen LogP contribution in [-0.4, -0.2) is 12.2 Å². The number of phenolic OH excluding ortho intramolecular Hbond substituents is 1. The molecule has 0 fully saturated rings. The Balaban J connectivity index is 1.55. The number of phenols is 1. The van der Waals surface area contributed by atoms with Gasteiger partial charge in [-0.05, 0) is 71.2 Å². The molecule has 0 radical (unpaired) electrons. The van der Waals surface area contributed by atoms with Gasteiger partial charge in [0.1, 0.15) is 5.82 Å². The zero-order valence-corrected chi connectivity index (χ0v) is 17.7. The summed E-state index contributed by atoms with van der Waals surface area (Å²) >= 11 is 0. The van der Waals surface area contributed by atoms with Gasteiger partial charge in [0, 0.05) is 5.56 Å². The van der Waals surface area contributed by atoms with Crippen molar-refractivity contribution >= 4 is 0 Å². The summed E-state index contributed by atoms with van der Waals surface area (Å²) in [6.07, 6.45) is 7.52. The van der Waals surface area contributed by atoms with Crippen molar-refractivity contribution in [2.24, 2.45) is 5.92 Å². The highest BCUT2D eigenvalue weighted by molar-refractivity contribution is 5.73. The van der Waals surface area contributed by atoms with E-state index in [0.717, 1.165) is 23.5 Å². The maximum Gasteiger partial charge on any atom is 0.161 e. The highest BCUT2D eigenvalue weighted by Crippen LogP contribution is 2.36. The van der Waals surface area contributed by atoms with Gasteiger partial charge in [-0.1, -0.05) is 62.6 Å². The lowest BCUT2D eigenvalue weighted by atomic mass is 9.97. The fourth-order valence-electron chi connectivity index (χ4n) is 4.55. The summed E-state index contributed by atoms with van der Waals surface area (Å²) in [5.74, 6) is 0.857. The maximum atomic E-state index is 15.0. The molecule has 0 aromatic heterocycles. The standard InChI is InChI=1S/C27H29FO2/c1-3-4-5-6-18-13-19-7-8-20(15-23(19)14-18)21-9-11-24(25(28)16-21)22-10-12-26(29)27(17-22)30-2/h7-12,15-18,29H,3-6,13-14H2,1-2H3. The van der Waals surface area contributed by atoms with Crippen molar-refractivity contribution in [1.82, 2.24) is 0 Å². The van der Waals surface area contributed by atoms with Gasteiger partial charge < -0.3 is 9.84 Å². The van der Waals surface area contributed by atoms with Crippen LogP contribution in [0.3, 0.4) is 0 Å². The molecule has 0 amide bonds. The average Bonchev–Trinajstić information content (AvgIpc) is 3.16. The molecule has 3 aromatic carbocycles. The largest absolute Gasteiger partial charge is 0.504 e. The fourth-order valence-corrected chi connectivity index (χ4v) is 4.55. The minimum Gasteiger partial charge on any atom is -0.504 e. The molecule has 0 heterocycles. The van der Waals surface area contributed by atoms with E-state index in [-0.39, 0.29) is 11.6 Å². The molecule has 0 bridgehead atoms. The summed E-state index contributed by atoms with van der Waals surface area (Å²) in [6, 6.07) is 16.8. The predicted molar refractivity (Wildman–Crippen MR) is 121 cm³/mol. The second-order valence-corrected chi connectivity index (χ2v) is 8.33. The molecule has 4 rings (SSSR count). The first-order valence-corrected chi connectivity index (χ1v) is 10.9. The topological polar surface area (TPSA) is 29.5 Å². The van der Waals surface area contributed by atoms with Crippen LogP contribution in [0.25, 0.3) is 22.3 Å². The number of ether oxygens (including phenoxy) is 1. The first kappa shape index (κ1) is 20.5. The van der Waals surface area contributed by atoms with Gasteiger partial charge in [0.2, 0.25) is 0 Å². The first-order valence-electron chi connectivity index (χ1n) is 10.9. The van der Waals surface area contributed by atoms with E-state index in [0.29, 0.717) is 16.9 Å². The Morgan fingerprint density at radius 3 is 2.40 bits per heavy atom. The van der Waals surface area contributed by atoms with E-state index in [2.05, 4.69) is 25.1 Å². The van der Waals surface area contributed by atoms with Crippen molar-refractivity contribution in [2.75, 3.05) is 7.11 Å². The highest BCUT2D eigenvalue weighted by Gasteiger charge is 2.21. The van der Waals surface area contributed by atoms with E-state index in [1.807, 2.05) is 6.07 Å². The minimum atomic E-state index is -0.279. The quantitative estimate of drug-likeness (QED) is 0.423. The van der Waals surface area contributed by atoms with Crippen LogP contribution >= 0.6 is 0 Å². The third-order valence-electron chi connectivity index (χ3n) is 6.23. The minimum absolute atomic E-state index is 0.0458. The fraction of sp³-hybridized carbons (Fsp3) is 0.333. The monoisotopic (exact) mass is 404 g/mol. The summed E-state index contributed by atoms with van der Waals surface area (Å²) in [4.78, 5) is 0. The molecule has 1 N–H and O–H groups in total. The second-order valence-electron chi connectivity index (χ2n) is 8.33. The summed E-state index contributed by atoms with van der Waals surface area (Å²) in [5.41, 5.74) is 6.00. The van der Waals surface area contributed by atoms with E-state index in [1.54, 1.807) is 24.3 Å². The summed E-state index contributed by atoms with van der Waals surface area (Å²) in [6.45, 7) is 2.25. The molecule has 0 saturated heterocycles. The molecular weight excluding hydrogens is 375 g/mol. The van der Waals surface area contributed by atoms with Crippen LogP contribution < -0.4 is 4.74 Å². The molecular formula is C27H29FO2. The van der Waals surface area contributed by atoms with Gasteiger partial charge in [-0.2, -0.15) is 0 Å². The number of methoxy groups -OCH3 is 1. The molecule has 0 saturated carbocycles. The first-order chi connectivity index (χ1) is 14.6. The molecule has 156 valence electrons. The summed E-state index contributed by atoms with van der Waals surface area (Å²) < 4.78 is 20.1. The highest BCUT2D eigenvalue weighted by atomic mass is 19.1. The van der Waals surface area contributed by atoms with Gasteiger partial charge in [0.05, 0.1) is 7.11 Å². The third-order valence-corrected chi connectivity index (χ3v) is 6.23. The van der Waals surface area contributed by atoms with E-state index in [4.69, 9.17) is 4.74 Å². The number of hydrogen-bond donors (Lipinski definition) is 1. The number of fused-ring (bicyclic) bond motifs is 1. The van der Waals surface area contributed by atoms with Crippen LogP contribution in [0.5, 0.6) is 11.5 Å². The number of aromatic hydroxyl groups is 1. The van der Waals surface area contributed by atoms with Gasteiger partial charge >= 0.3 is 0 Å². The van der Waals surface area contributed by atoms with Crippen molar-refractivity contribution in [2.45, 2.75) is 45.4 Å². The number of hydrogen-bond acceptors (Lipinski definition) is 2. The molecule has 1 aliphatic carbocycles. The zero-order valence-electron chi connectivity index (χ0n) is 17.7. The normalized spacial score (nSPS) is 15.2. The molecule has 0 aliphatic heterocycles. The Labute approximate surface area is 178 Å². The summed E-state index contributed by atoms with van der Waals surface area (Å²) in [5, 5.41) is 9.78. The lowest BCUT2D eigenvalue weighted by Crippen LogP contribution is -1.98. The number of benzene rings is 3. The second kappa shape index (κ2) is 8.91. The van der Waals surface area contributed by atoms with Gasteiger partial charge in [-0.3, -0.25) is 0 Å². The van der Waals surface area contributed by atoms with E-state index in [1.165, 1.54) is 56.4 Å². The lowest BCUT2D eigenvalue weighted by molar-refractivity contribution is 0.373. The van der Waals surface area contributed by atoms with Crippen molar-refractivity contribution in [1.29, 1.82) is 0 Å². The molecule has 1 aliphatic rings. The molecule has 30 heavy (non-hydrogen) atoms. The van der Waals surface area contributed by atoms with E-state index >= 15 is 0 Å². The Hall–Kier alpha value is -2.81. The third kappa shape index (κ3) is 4.21.